The van der Waals surface area contributed by atoms with E-state index < -0.39 is 17.8 Å². The van der Waals surface area contributed by atoms with E-state index in [1.54, 1.807) is 12.2 Å². The van der Waals surface area contributed by atoms with Crippen LogP contribution in [-0.2, 0) is 0 Å². The second-order valence-electron chi connectivity index (χ2n) is 6.88. The van der Waals surface area contributed by atoms with Crippen molar-refractivity contribution in [1.29, 1.82) is 0 Å². The van der Waals surface area contributed by atoms with Crippen molar-refractivity contribution in [3.05, 3.63) is 12.2 Å². The number of rotatable bonds is 2. The van der Waals surface area contributed by atoms with Crippen molar-refractivity contribution in [3.63, 3.8) is 0 Å². The normalized spacial score (nSPS) is 45.4. The lowest BCUT2D eigenvalue weighted by atomic mass is 9.78. The van der Waals surface area contributed by atoms with Crippen LogP contribution in [0.25, 0.3) is 0 Å². The van der Waals surface area contributed by atoms with Crippen molar-refractivity contribution in [2.75, 3.05) is 6.54 Å². The molecule has 3 heteroatoms. The standard InChI is InChI=1S/C15H23F2N/c1-8(2)14-13-10(7-18(14)9(3)4)11-5-6-12(13)15(11,16)17/h5-6,8-14H,7H2,1-4H3. The molecule has 1 saturated carbocycles. The van der Waals surface area contributed by atoms with E-state index in [0.717, 1.165) is 6.54 Å². The lowest BCUT2D eigenvalue weighted by molar-refractivity contribution is -0.0572. The minimum atomic E-state index is -2.48. The van der Waals surface area contributed by atoms with E-state index in [-0.39, 0.29) is 11.8 Å². The van der Waals surface area contributed by atoms with Gasteiger partial charge in [0, 0.05) is 30.5 Å². The van der Waals surface area contributed by atoms with Gasteiger partial charge in [-0.05, 0) is 31.6 Å². The molecule has 5 atom stereocenters. The summed E-state index contributed by atoms with van der Waals surface area (Å²) in [6, 6.07) is 0.775. The highest BCUT2D eigenvalue weighted by molar-refractivity contribution is 5.26. The molecule has 2 aliphatic carbocycles. The summed E-state index contributed by atoms with van der Waals surface area (Å²) in [6.07, 6.45) is 3.58. The summed E-state index contributed by atoms with van der Waals surface area (Å²) in [6.45, 7) is 9.58. The average Bonchev–Trinajstić information content (AvgIpc) is 2.83. The molecule has 1 aliphatic heterocycles. The van der Waals surface area contributed by atoms with Gasteiger partial charge in [0.15, 0.2) is 0 Å². The lowest BCUT2D eigenvalue weighted by Gasteiger charge is -2.36. The van der Waals surface area contributed by atoms with Gasteiger partial charge in [-0.2, -0.15) is 0 Å². The zero-order valence-electron chi connectivity index (χ0n) is 11.6. The molecule has 0 radical (unpaired) electrons. The Morgan fingerprint density at radius 1 is 1.11 bits per heavy atom. The van der Waals surface area contributed by atoms with Gasteiger partial charge in [0.05, 0.1) is 0 Å². The van der Waals surface area contributed by atoms with Crippen molar-refractivity contribution in [2.45, 2.75) is 45.7 Å². The second-order valence-corrected chi connectivity index (χ2v) is 6.88. The van der Waals surface area contributed by atoms with E-state index >= 15 is 0 Å². The van der Waals surface area contributed by atoms with E-state index in [9.17, 15) is 8.78 Å². The maximum atomic E-state index is 14.2. The third kappa shape index (κ3) is 1.40. The Labute approximate surface area is 108 Å². The molecule has 2 fully saturated rings. The number of nitrogens with zero attached hydrogens (tertiary/aromatic N) is 1. The van der Waals surface area contributed by atoms with E-state index in [0.29, 0.717) is 18.0 Å². The highest BCUT2D eigenvalue weighted by Gasteiger charge is 2.68. The molecular weight excluding hydrogens is 232 g/mol. The predicted octanol–water partition coefficient (Wildman–Crippen LogP) is 3.42. The van der Waals surface area contributed by atoms with E-state index in [4.69, 9.17) is 0 Å². The molecule has 5 unspecified atom stereocenters. The maximum Gasteiger partial charge on any atom is 0.261 e. The minimum Gasteiger partial charge on any atom is -0.297 e. The number of fused-ring (bicyclic) bond motifs is 5. The highest BCUT2D eigenvalue weighted by atomic mass is 19.3. The molecule has 0 aromatic heterocycles. The van der Waals surface area contributed by atoms with Crippen LogP contribution in [0.4, 0.5) is 8.78 Å². The van der Waals surface area contributed by atoms with Crippen molar-refractivity contribution in [3.8, 4) is 0 Å². The first kappa shape index (κ1) is 12.6. The third-order valence-corrected chi connectivity index (χ3v) is 5.33. The van der Waals surface area contributed by atoms with Crippen LogP contribution < -0.4 is 0 Å². The number of allylic oxidation sites excluding steroid dienone is 2. The molecule has 1 nitrogen and oxygen atoms in total. The molecule has 0 spiro atoms. The monoisotopic (exact) mass is 255 g/mol. The molecular formula is C15H23F2N. The van der Waals surface area contributed by atoms with Crippen molar-refractivity contribution >= 4 is 0 Å². The summed E-state index contributed by atoms with van der Waals surface area (Å²) in [5, 5.41) is 0. The van der Waals surface area contributed by atoms with Gasteiger partial charge in [0.2, 0.25) is 0 Å². The van der Waals surface area contributed by atoms with Crippen LogP contribution in [0.15, 0.2) is 12.2 Å². The largest absolute Gasteiger partial charge is 0.297 e. The molecule has 0 N–H and O–H groups in total. The summed E-state index contributed by atoms with van der Waals surface area (Å²) >= 11 is 0. The molecule has 1 heterocycles. The number of hydrogen-bond acceptors (Lipinski definition) is 1. The summed E-state index contributed by atoms with van der Waals surface area (Å²) < 4.78 is 28.4. The SMILES string of the molecule is CC(C)C1C2C(CN1C(C)C)C1C=CC2C1(F)F. The Morgan fingerprint density at radius 2 is 1.72 bits per heavy atom. The van der Waals surface area contributed by atoms with Crippen molar-refractivity contribution in [1.82, 2.24) is 4.90 Å². The second kappa shape index (κ2) is 3.78. The summed E-state index contributed by atoms with van der Waals surface area (Å²) in [5.41, 5.74) is 0. The fraction of sp³-hybridized carbons (Fsp3) is 0.867. The number of hydrogen-bond donors (Lipinski definition) is 0. The summed E-state index contributed by atoms with van der Waals surface area (Å²) in [4.78, 5) is 2.46. The van der Waals surface area contributed by atoms with Crippen molar-refractivity contribution < 1.29 is 8.78 Å². The van der Waals surface area contributed by atoms with Crippen molar-refractivity contribution in [2.24, 2.45) is 29.6 Å². The van der Waals surface area contributed by atoms with Crippen LogP contribution in [0.1, 0.15) is 27.7 Å². The van der Waals surface area contributed by atoms with Crippen LogP contribution >= 0.6 is 0 Å². The smallest absolute Gasteiger partial charge is 0.261 e. The molecule has 0 aromatic rings. The number of halogens is 2. The first-order valence-electron chi connectivity index (χ1n) is 7.17. The molecule has 102 valence electrons. The molecule has 3 rings (SSSR count). The zero-order valence-corrected chi connectivity index (χ0v) is 11.6. The van der Waals surface area contributed by atoms with Gasteiger partial charge in [0.1, 0.15) is 0 Å². The topological polar surface area (TPSA) is 3.24 Å². The Kier molecular flexibility index (Phi) is 2.64. The Bertz CT molecular complexity index is 375. The molecule has 0 aromatic carbocycles. The van der Waals surface area contributed by atoms with E-state index in [2.05, 4.69) is 32.6 Å². The number of likely N-dealkylation sites (tertiary alicyclic amines) is 1. The highest BCUT2D eigenvalue weighted by Crippen LogP contribution is 2.62. The molecule has 1 saturated heterocycles. The van der Waals surface area contributed by atoms with Crippen LogP contribution in [-0.4, -0.2) is 29.5 Å². The third-order valence-electron chi connectivity index (χ3n) is 5.33. The predicted molar refractivity (Wildman–Crippen MR) is 68.5 cm³/mol. The van der Waals surface area contributed by atoms with Gasteiger partial charge in [-0.3, -0.25) is 4.90 Å². The van der Waals surface area contributed by atoms with E-state index in [1.807, 2.05) is 0 Å². The van der Waals surface area contributed by atoms with Crippen LogP contribution in [0.3, 0.4) is 0 Å². The van der Waals surface area contributed by atoms with Gasteiger partial charge >= 0.3 is 0 Å². The van der Waals surface area contributed by atoms with Crippen LogP contribution in [0.2, 0.25) is 0 Å². The molecule has 3 aliphatic rings. The molecule has 18 heavy (non-hydrogen) atoms. The lowest BCUT2D eigenvalue weighted by Crippen LogP contribution is -2.44. The van der Waals surface area contributed by atoms with E-state index in [1.165, 1.54) is 0 Å². The van der Waals surface area contributed by atoms with Gasteiger partial charge in [-0.15, -0.1) is 0 Å². The van der Waals surface area contributed by atoms with Crippen LogP contribution in [0.5, 0.6) is 0 Å². The summed E-state index contributed by atoms with van der Waals surface area (Å²) in [5.74, 6) is -2.71. The molecule has 0 amide bonds. The van der Waals surface area contributed by atoms with Crippen LogP contribution in [0, 0.1) is 29.6 Å². The Balaban J connectivity index is 1.96. The Hall–Kier alpha value is -0.440. The minimum absolute atomic E-state index is 0.164. The zero-order chi connectivity index (χ0) is 13.2. The Morgan fingerprint density at radius 3 is 2.28 bits per heavy atom. The summed E-state index contributed by atoms with van der Waals surface area (Å²) in [7, 11) is 0. The van der Waals surface area contributed by atoms with Gasteiger partial charge in [-0.1, -0.05) is 26.0 Å². The first-order chi connectivity index (χ1) is 8.35. The van der Waals surface area contributed by atoms with Gasteiger partial charge in [0.25, 0.3) is 5.92 Å². The number of alkyl halides is 2. The van der Waals surface area contributed by atoms with Gasteiger partial charge in [-0.25, -0.2) is 8.78 Å². The fourth-order valence-electron chi connectivity index (χ4n) is 4.71. The maximum absolute atomic E-state index is 14.2. The quantitative estimate of drug-likeness (QED) is 0.683. The average molecular weight is 255 g/mol. The first-order valence-corrected chi connectivity index (χ1v) is 7.17. The molecule has 2 bridgehead atoms. The van der Waals surface area contributed by atoms with Gasteiger partial charge < -0.3 is 0 Å². The fourth-order valence-corrected chi connectivity index (χ4v) is 4.71.